The van der Waals surface area contributed by atoms with Gasteiger partial charge in [-0.3, -0.25) is 9.36 Å². The second kappa shape index (κ2) is 6.73. The van der Waals surface area contributed by atoms with Gasteiger partial charge in [-0.05, 0) is 32.9 Å². The van der Waals surface area contributed by atoms with Gasteiger partial charge in [0.25, 0.3) is 15.9 Å². The van der Waals surface area contributed by atoms with E-state index in [1.54, 1.807) is 37.5 Å². The number of aromatic nitrogens is 2. The third-order valence-corrected chi connectivity index (χ3v) is 6.75. The lowest BCUT2D eigenvalue weighted by Gasteiger charge is -2.07. The summed E-state index contributed by atoms with van der Waals surface area (Å²) < 4.78 is 33.8. The highest BCUT2D eigenvalue weighted by Crippen LogP contribution is 2.34. The summed E-state index contributed by atoms with van der Waals surface area (Å²) in [5, 5.41) is 3.92. The van der Waals surface area contributed by atoms with E-state index in [0.717, 1.165) is 11.3 Å². The molecule has 3 heterocycles. The molecule has 1 amide bonds. The lowest BCUT2D eigenvalue weighted by molar-refractivity contribution is 0.0981. The van der Waals surface area contributed by atoms with Gasteiger partial charge in [0.05, 0.1) is 9.90 Å². The number of carbonyl (C=O) groups is 1. The van der Waals surface area contributed by atoms with Crippen molar-refractivity contribution in [2.45, 2.75) is 25.7 Å². The van der Waals surface area contributed by atoms with Crippen molar-refractivity contribution in [3.05, 3.63) is 49.6 Å². The number of carbonyl (C=O) groups excluding carboxylic acids is 1. The van der Waals surface area contributed by atoms with Gasteiger partial charge >= 0.3 is 0 Å². The van der Waals surface area contributed by atoms with Crippen molar-refractivity contribution < 1.29 is 17.7 Å². The summed E-state index contributed by atoms with van der Waals surface area (Å²) in [5.74, 6) is 0.347. The second-order valence-corrected chi connectivity index (χ2v) is 9.48. The number of sulfonamides is 1. The molecule has 0 bridgehead atoms. The Morgan fingerprint density at radius 2 is 1.92 bits per heavy atom. The fourth-order valence-electron chi connectivity index (χ4n) is 2.54. The molecule has 0 saturated carbocycles. The molecule has 26 heavy (non-hydrogen) atoms. The Balaban J connectivity index is 1.95. The molecule has 0 unspecified atom stereocenters. The van der Waals surface area contributed by atoms with Crippen LogP contribution in [0.15, 0.2) is 27.6 Å². The summed E-state index contributed by atoms with van der Waals surface area (Å²) in [5.41, 5.74) is 1.43. The molecule has 0 aliphatic rings. The first-order valence-electron chi connectivity index (χ1n) is 7.25. The predicted molar refractivity (Wildman–Crippen MR) is 99.0 cm³/mol. The Morgan fingerprint density at radius 3 is 2.46 bits per heavy atom. The van der Waals surface area contributed by atoms with Crippen LogP contribution in [0.25, 0.3) is 5.82 Å². The molecule has 0 spiro atoms. The van der Waals surface area contributed by atoms with E-state index in [1.807, 2.05) is 4.72 Å². The molecule has 0 aliphatic heterocycles. The largest absolute Gasteiger partial charge is 0.360 e. The maximum absolute atomic E-state index is 12.6. The van der Waals surface area contributed by atoms with Crippen molar-refractivity contribution in [2.75, 3.05) is 0 Å². The Labute approximate surface area is 163 Å². The quantitative estimate of drug-likeness (QED) is 0.673. The van der Waals surface area contributed by atoms with Crippen molar-refractivity contribution in [2.24, 2.45) is 0 Å². The molecule has 138 valence electrons. The summed E-state index contributed by atoms with van der Waals surface area (Å²) in [6, 6.07) is 4.49. The van der Waals surface area contributed by atoms with Crippen LogP contribution in [0.1, 0.15) is 27.5 Å². The van der Waals surface area contributed by atoms with E-state index >= 15 is 0 Å². The summed E-state index contributed by atoms with van der Waals surface area (Å²) in [6.45, 7) is 5.21. The van der Waals surface area contributed by atoms with E-state index in [9.17, 15) is 13.2 Å². The van der Waals surface area contributed by atoms with Gasteiger partial charge < -0.3 is 4.52 Å². The number of rotatable bonds is 4. The molecule has 3 aromatic rings. The SMILES string of the molecule is Cc1cc(-n2c(C)cc(C(=O)NS(=O)(=O)c3cc(Cl)sc3Cl)c2C)no1. The zero-order valence-electron chi connectivity index (χ0n) is 13.8. The third-order valence-electron chi connectivity index (χ3n) is 3.66. The zero-order valence-corrected chi connectivity index (χ0v) is 17.0. The number of hydrogen-bond donors (Lipinski definition) is 1. The molecule has 11 heteroatoms. The van der Waals surface area contributed by atoms with Gasteiger partial charge in [-0.2, -0.15) is 0 Å². The highest BCUT2D eigenvalue weighted by atomic mass is 35.5. The molecule has 1 N–H and O–H groups in total. The number of aryl methyl sites for hydroxylation is 2. The summed E-state index contributed by atoms with van der Waals surface area (Å²) >= 11 is 12.6. The first-order chi connectivity index (χ1) is 12.1. The van der Waals surface area contributed by atoms with Crippen LogP contribution in [0.5, 0.6) is 0 Å². The molecule has 0 aromatic carbocycles. The Hall–Kier alpha value is -1.81. The first kappa shape index (κ1) is 19.0. The number of halogens is 2. The van der Waals surface area contributed by atoms with E-state index in [1.165, 1.54) is 6.07 Å². The average molecular weight is 434 g/mol. The Morgan fingerprint density at radius 1 is 1.23 bits per heavy atom. The molecular weight excluding hydrogens is 421 g/mol. The fourth-order valence-corrected chi connectivity index (χ4v) is 5.66. The molecule has 0 fully saturated rings. The highest BCUT2D eigenvalue weighted by molar-refractivity contribution is 7.90. The minimum absolute atomic E-state index is 0.0150. The molecule has 0 aliphatic carbocycles. The Kier molecular flexibility index (Phi) is 4.91. The average Bonchev–Trinajstić information content (AvgIpc) is 3.17. The lowest BCUT2D eigenvalue weighted by Crippen LogP contribution is -2.30. The summed E-state index contributed by atoms with van der Waals surface area (Å²) in [7, 11) is -4.15. The van der Waals surface area contributed by atoms with Gasteiger partial charge in [0.15, 0.2) is 5.82 Å². The molecule has 0 radical (unpaired) electrons. The van der Waals surface area contributed by atoms with E-state index in [4.69, 9.17) is 27.7 Å². The summed E-state index contributed by atoms with van der Waals surface area (Å²) in [6.07, 6.45) is 0. The minimum atomic E-state index is -4.15. The normalized spacial score (nSPS) is 11.7. The van der Waals surface area contributed by atoms with Crippen LogP contribution in [0.3, 0.4) is 0 Å². The fraction of sp³-hybridized carbons (Fsp3) is 0.200. The van der Waals surface area contributed by atoms with Gasteiger partial charge in [-0.15, -0.1) is 11.3 Å². The van der Waals surface area contributed by atoms with E-state index in [2.05, 4.69) is 5.16 Å². The van der Waals surface area contributed by atoms with Gasteiger partial charge in [-0.1, -0.05) is 28.4 Å². The second-order valence-electron chi connectivity index (χ2n) is 5.54. The van der Waals surface area contributed by atoms with Crippen LogP contribution in [0, 0.1) is 20.8 Å². The first-order valence-corrected chi connectivity index (χ1v) is 10.3. The number of hydrogen-bond acceptors (Lipinski definition) is 6. The van der Waals surface area contributed by atoms with Crippen LogP contribution in [0.2, 0.25) is 8.67 Å². The number of amides is 1. The van der Waals surface area contributed by atoms with Crippen LogP contribution in [0.4, 0.5) is 0 Å². The van der Waals surface area contributed by atoms with Gasteiger partial charge in [0.2, 0.25) is 0 Å². The summed E-state index contributed by atoms with van der Waals surface area (Å²) in [4.78, 5) is 12.3. The van der Waals surface area contributed by atoms with Gasteiger partial charge in [0.1, 0.15) is 15.0 Å². The maximum Gasteiger partial charge on any atom is 0.266 e. The van der Waals surface area contributed by atoms with Crippen LogP contribution >= 0.6 is 34.5 Å². The van der Waals surface area contributed by atoms with E-state index in [-0.39, 0.29) is 19.1 Å². The van der Waals surface area contributed by atoms with Gasteiger partial charge in [0, 0.05) is 17.5 Å². The molecule has 0 saturated heterocycles. The van der Waals surface area contributed by atoms with Crippen LogP contribution in [-0.4, -0.2) is 24.0 Å². The standard InChI is InChI=1S/C15H13Cl2N3O4S2/c1-7-4-10(9(3)20(7)13-5-8(2)24-18-13)15(21)19-26(22,23)11-6-12(16)25-14(11)17/h4-6H,1-3H3,(H,19,21). The van der Waals surface area contributed by atoms with E-state index < -0.39 is 15.9 Å². The van der Waals surface area contributed by atoms with Crippen molar-refractivity contribution in [3.63, 3.8) is 0 Å². The molecule has 0 atom stereocenters. The van der Waals surface area contributed by atoms with Crippen molar-refractivity contribution in [1.29, 1.82) is 0 Å². The Bertz CT molecular complexity index is 1110. The number of thiophene rings is 1. The molecule has 7 nitrogen and oxygen atoms in total. The molecular formula is C15H13Cl2N3O4S2. The van der Waals surface area contributed by atoms with E-state index in [0.29, 0.717) is 23.0 Å². The van der Waals surface area contributed by atoms with Crippen molar-refractivity contribution >= 4 is 50.5 Å². The number of nitrogens with one attached hydrogen (secondary N) is 1. The lowest BCUT2D eigenvalue weighted by atomic mass is 10.2. The van der Waals surface area contributed by atoms with Crippen LogP contribution in [-0.2, 0) is 10.0 Å². The number of nitrogens with zero attached hydrogens (tertiary/aromatic N) is 2. The third kappa shape index (κ3) is 3.39. The smallest absolute Gasteiger partial charge is 0.266 e. The van der Waals surface area contributed by atoms with Crippen LogP contribution < -0.4 is 4.72 Å². The van der Waals surface area contributed by atoms with Crippen molar-refractivity contribution in [1.82, 2.24) is 14.4 Å². The molecule has 3 aromatic heterocycles. The zero-order chi connectivity index (χ0) is 19.2. The topological polar surface area (TPSA) is 94.2 Å². The van der Waals surface area contributed by atoms with Crippen molar-refractivity contribution in [3.8, 4) is 5.82 Å². The monoisotopic (exact) mass is 433 g/mol. The predicted octanol–water partition coefficient (Wildman–Crippen LogP) is 3.88. The minimum Gasteiger partial charge on any atom is -0.360 e. The maximum atomic E-state index is 12.6. The van der Waals surface area contributed by atoms with Gasteiger partial charge in [-0.25, -0.2) is 13.1 Å². The highest BCUT2D eigenvalue weighted by Gasteiger charge is 2.26. The molecule has 3 rings (SSSR count).